The fraction of sp³-hybridized carbons (Fsp3) is 0.238. The molecule has 3 aromatic rings. The largest absolute Gasteiger partial charge is 0.372 e. The number of hydrogen-bond acceptors (Lipinski definition) is 7. The fourth-order valence-electron chi connectivity index (χ4n) is 4.20. The summed E-state index contributed by atoms with van der Waals surface area (Å²) in [6.45, 7) is 0. The molecule has 1 N–H and O–H groups in total. The summed E-state index contributed by atoms with van der Waals surface area (Å²) in [4.78, 5) is 51.2. The SMILES string of the molecule is COC(c1cncnc1)c1cnc2c3c(cccc13)C(=O)N2C1CCC(=O)NC1=O. The Labute approximate surface area is 171 Å². The van der Waals surface area contributed by atoms with Crippen LogP contribution in [0.25, 0.3) is 10.8 Å². The molecule has 1 fully saturated rings. The van der Waals surface area contributed by atoms with Crippen LogP contribution in [0.4, 0.5) is 5.82 Å². The number of anilines is 1. The van der Waals surface area contributed by atoms with E-state index in [1.807, 2.05) is 6.07 Å². The highest BCUT2D eigenvalue weighted by atomic mass is 16.5. The van der Waals surface area contributed by atoms with E-state index in [1.165, 1.54) is 11.2 Å². The Balaban J connectivity index is 1.65. The highest BCUT2D eigenvalue weighted by Crippen LogP contribution is 2.41. The number of methoxy groups -OCH3 is 1. The van der Waals surface area contributed by atoms with E-state index in [0.29, 0.717) is 16.8 Å². The zero-order chi connectivity index (χ0) is 20.8. The molecule has 2 atom stereocenters. The molecule has 30 heavy (non-hydrogen) atoms. The molecule has 9 nitrogen and oxygen atoms in total. The standard InChI is InChI=1S/C21H17N5O4/c1-30-18(11-7-22-10-23-8-11)14-9-24-19-17-12(14)3-2-4-13(17)21(29)26(19)15-5-6-16(27)25-20(15)28/h2-4,7-10,15,18H,5-6H2,1H3,(H,25,27,28). The van der Waals surface area contributed by atoms with Crippen molar-refractivity contribution in [1.82, 2.24) is 20.3 Å². The van der Waals surface area contributed by atoms with Crippen LogP contribution in [0, 0.1) is 0 Å². The van der Waals surface area contributed by atoms with Gasteiger partial charge in [0.05, 0.1) is 5.56 Å². The van der Waals surface area contributed by atoms with Crippen molar-refractivity contribution in [1.29, 1.82) is 0 Å². The van der Waals surface area contributed by atoms with E-state index in [0.717, 1.165) is 16.5 Å². The minimum atomic E-state index is -0.773. The van der Waals surface area contributed by atoms with Crippen molar-refractivity contribution in [3.8, 4) is 0 Å². The lowest BCUT2D eigenvalue weighted by Gasteiger charge is -2.29. The maximum Gasteiger partial charge on any atom is 0.260 e. The lowest BCUT2D eigenvalue weighted by atomic mass is 9.97. The van der Waals surface area contributed by atoms with Gasteiger partial charge in [0.2, 0.25) is 11.8 Å². The molecule has 2 aliphatic rings. The molecule has 1 saturated heterocycles. The second-order valence-electron chi connectivity index (χ2n) is 7.19. The highest BCUT2D eigenvalue weighted by molar-refractivity contribution is 6.26. The number of ether oxygens (including phenoxy) is 1. The molecule has 0 spiro atoms. The Morgan fingerprint density at radius 2 is 1.97 bits per heavy atom. The van der Waals surface area contributed by atoms with Crippen LogP contribution >= 0.6 is 0 Å². The molecule has 2 aromatic heterocycles. The first-order valence-corrected chi connectivity index (χ1v) is 9.46. The second-order valence-corrected chi connectivity index (χ2v) is 7.19. The molecule has 0 aliphatic carbocycles. The molecule has 0 radical (unpaired) electrons. The average Bonchev–Trinajstić information content (AvgIpc) is 3.04. The van der Waals surface area contributed by atoms with Crippen molar-refractivity contribution in [3.05, 3.63) is 59.8 Å². The monoisotopic (exact) mass is 403 g/mol. The van der Waals surface area contributed by atoms with Crippen molar-refractivity contribution in [3.63, 3.8) is 0 Å². The fourth-order valence-corrected chi connectivity index (χ4v) is 4.20. The number of carbonyl (C=O) groups excluding carboxylic acids is 3. The van der Waals surface area contributed by atoms with E-state index >= 15 is 0 Å². The average molecular weight is 403 g/mol. The molecule has 1 aromatic carbocycles. The van der Waals surface area contributed by atoms with Gasteiger partial charge in [-0.1, -0.05) is 12.1 Å². The molecule has 9 heteroatoms. The number of nitrogens with zero attached hydrogens (tertiary/aromatic N) is 4. The Morgan fingerprint density at radius 1 is 1.17 bits per heavy atom. The number of nitrogens with one attached hydrogen (secondary N) is 1. The smallest absolute Gasteiger partial charge is 0.260 e. The van der Waals surface area contributed by atoms with Crippen LogP contribution < -0.4 is 10.2 Å². The Bertz CT molecular complexity index is 1200. The molecule has 2 aliphatic heterocycles. The molecule has 4 heterocycles. The first-order valence-electron chi connectivity index (χ1n) is 9.46. The van der Waals surface area contributed by atoms with Gasteiger partial charge < -0.3 is 4.74 Å². The maximum absolute atomic E-state index is 13.2. The molecule has 5 rings (SSSR count). The van der Waals surface area contributed by atoms with Crippen LogP contribution in [0.1, 0.15) is 40.4 Å². The Hall–Kier alpha value is -3.72. The molecule has 3 amide bonds. The number of aromatic nitrogens is 3. The predicted molar refractivity (Wildman–Crippen MR) is 106 cm³/mol. The van der Waals surface area contributed by atoms with Gasteiger partial charge in [-0.05, 0) is 17.9 Å². The van der Waals surface area contributed by atoms with Crippen molar-refractivity contribution >= 4 is 34.3 Å². The Kier molecular flexibility index (Phi) is 4.25. The van der Waals surface area contributed by atoms with Crippen molar-refractivity contribution in [2.45, 2.75) is 25.0 Å². The van der Waals surface area contributed by atoms with Gasteiger partial charge in [-0.15, -0.1) is 0 Å². The number of pyridine rings is 1. The zero-order valence-electron chi connectivity index (χ0n) is 16.0. The summed E-state index contributed by atoms with van der Waals surface area (Å²) in [7, 11) is 1.59. The third-order valence-electron chi connectivity index (χ3n) is 5.53. The normalized spacial score (nSPS) is 19.3. The summed E-state index contributed by atoms with van der Waals surface area (Å²) in [5.74, 6) is -0.695. The van der Waals surface area contributed by atoms with E-state index in [-0.39, 0.29) is 24.7 Å². The van der Waals surface area contributed by atoms with Crippen LogP contribution in [0.5, 0.6) is 0 Å². The second kappa shape index (κ2) is 6.96. The first kappa shape index (κ1) is 18.3. The van der Waals surface area contributed by atoms with E-state index in [2.05, 4.69) is 20.3 Å². The molecular formula is C21H17N5O4. The number of rotatable bonds is 4. The lowest BCUT2D eigenvalue weighted by Crippen LogP contribution is -2.53. The maximum atomic E-state index is 13.2. The lowest BCUT2D eigenvalue weighted by molar-refractivity contribution is -0.134. The number of piperidine rings is 1. The van der Waals surface area contributed by atoms with Gasteiger partial charge in [0.15, 0.2) is 0 Å². The highest BCUT2D eigenvalue weighted by Gasteiger charge is 2.42. The molecule has 2 unspecified atom stereocenters. The zero-order valence-corrected chi connectivity index (χ0v) is 16.0. The van der Waals surface area contributed by atoms with E-state index in [9.17, 15) is 14.4 Å². The van der Waals surface area contributed by atoms with Gasteiger partial charge in [-0.25, -0.2) is 15.0 Å². The third kappa shape index (κ3) is 2.66. The summed E-state index contributed by atoms with van der Waals surface area (Å²) in [5.41, 5.74) is 2.00. The quantitative estimate of drug-likeness (QED) is 0.657. The Morgan fingerprint density at radius 3 is 2.70 bits per heavy atom. The predicted octanol–water partition coefficient (Wildman–Crippen LogP) is 1.53. The summed E-state index contributed by atoms with van der Waals surface area (Å²) in [6, 6.07) is 4.64. The van der Waals surface area contributed by atoms with Gasteiger partial charge in [0, 0.05) is 48.6 Å². The van der Waals surface area contributed by atoms with Gasteiger partial charge >= 0.3 is 0 Å². The molecule has 0 saturated carbocycles. The van der Waals surface area contributed by atoms with Crippen LogP contribution in [0.2, 0.25) is 0 Å². The van der Waals surface area contributed by atoms with Crippen LogP contribution in [-0.2, 0) is 14.3 Å². The number of carbonyl (C=O) groups is 3. The molecule has 150 valence electrons. The third-order valence-corrected chi connectivity index (χ3v) is 5.53. The summed E-state index contributed by atoms with van der Waals surface area (Å²) >= 11 is 0. The summed E-state index contributed by atoms with van der Waals surface area (Å²) < 4.78 is 5.71. The van der Waals surface area contributed by atoms with Gasteiger partial charge in [-0.2, -0.15) is 0 Å². The van der Waals surface area contributed by atoms with Gasteiger partial charge in [-0.3, -0.25) is 24.6 Å². The number of amides is 3. The van der Waals surface area contributed by atoms with E-state index in [1.54, 1.807) is 37.8 Å². The summed E-state index contributed by atoms with van der Waals surface area (Å²) in [5, 5.41) is 3.78. The van der Waals surface area contributed by atoms with Crippen molar-refractivity contribution in [2.24, 2.45) is 0 Å². The van der Waals surface area contributed by atoms with Crippen molar-refractivity contribution < 1.29 is 19.1 Å². The molecule has 0 bridgehead atoms. The molecular weight excluding hydrogens is 386 g/mol. The van der Waals surface area contributed by atoms with Gasteiger partial charge in [0.1, 0.15) is 24.3 Å². The minimum Gasteiger partial charge on any atom is -0.372 e. The van der Waals surface area contributed by atoms with Gasteiger partial charge in [0.25, 0.3) is 5.91 Å². The van der Waals surface area contributed by atoms with Crippen LogP contribution in [0.3, 0.4) is 0 Å². The van der Waals surface area contributed by atoms with Crippen LogP contribution in [-0.4, -0.2) is 45.8 Å². The van der Waals surface area contributed by atoms with Crippen molar-refractivity contribution in [2.75, 3.05) is 12.0 Å². The van der Waals surface area contributed by atoms with Crippen LogP contribution in [0.15, 0.2) is 43.1 Å². The first-order chi connectivity index (χ1) is 14.6. The number of benzene rings is 1. The summed E-state index contributed by atoms with van der Waals surface area (Å²) in [6.07, 6.45) is 6.41. The number of imide groups is 1. The van der Waals surface area contributed by atoms with E-state index in [4.69, 9.17) is 4.74 Å². The topological polar surface area (TPSA) is 114 Å². The minimum absolute atomic E-state index is 0.178. The number of hydrogen-bond donors (Lipinski definition) is 1. The van der Waals surface area contributed by atoms with E-state index < -0.39 is 18.1 Å².